The second-order valence-electron chi connectivity index (χ2n) is 3.88. The Morgan fingerprint density at radius 2 is 1.47 bits per heavy atom. The summed E-state index contributed by atoms with van der Waals surface area (Å²) in [6.45, 7) is 13.4. The average Bonchev–Trinajstić information content (AvgIpc) is 2.29. The molecule has 0 unspecified atom stereocenters. The Morgan fingerprint density at radius 1 is 1.00 bits per heavy atom. The Bertz CT molecular complexity index is 163. The van der Waals surface area contributed by atoms with Gasteiger partial charge in [-0.05, 0) is 6.54 Å². The van der Waals surface area contributed by atoms with Crippen LogP contribution in [0.3, 0.4) is 0 Å². The van der Waals surface area contributed by atoms with Crippen molar-refractivity contribution in [3.8, 4) is 0 Å². The molecule has 0 saturated carbocycles. The number of rotatable bonds is 2. The number of carbonyl (C=O) groups excluding carboxylic acids is 1. The lowest BCUT2D eigenvalue weighted by molar-refractivity contribution is -0.132. The van der Waals surface area contributed by atoms with Gasteiger partial charge in [-0.25, -0.2) is 0 Å². The van der Waals surface area contributed by atoms with Crippen LogP contribution < -0.4 is 0 Å². The van der Waals surface area contributed by atoms with Gasteiger partial charge in [-0.1, -0.05) is 34.1 Å². The highest BCUT2D eigenvalue weighted by Crippen LogP contribution is 2.02. The first-order chi connectivity index (χ1) is 7.19. The van der Waals surface area contributed by atoms with Crippen molar-refractivity contribution in [3.05, 3.63) is 0 Å². The van der Waals surface area contributed by atoms with Gasteiger partial charge in [0.2, 0.25) is 5.91 Å². The van der Waals surface area contributed by atoms with Crippen LogP contribution in [-0.2, 0) is 4.79 Å². The second-order valence-corrected chi connectivity index (χ2v) is 3.88. The van der Waals surface area contributed by atoms with Crippen LogP contribution in [-0.4, -0.2) is 48.4 Å². The Morgan fingerprint density at radius 3 is 1.80 bits per heavy atom. The molecule has 1 saturated heterocycles. The van der Waals surface area contributed by atoms with E-state index in [0.717, 1.165) is 32.7 Å². The largest absolute Gasteiger partial charge is 0.340 e. The van der Waals surface area contributed by atoms with Crippen molar-refractivity contribution in [2.45, 2.75) is 40.5 Å². The van der Waals surface area contributed by atoms with Gasteiger partial charge in [0.1, 0.15) is 0 Å². The average molecular weight is 214 g/mol. The molecule has 0 aromatic heterocycles. The third kappa shape index (κ3) is 5.78. The van der Waals surface area contributed by atoms with Gasteiger partial charge < -0.3 is 9.80 Å². The zero-order valence-electron chi connectivity index (χ0n) is 10.8. The second kappa shape index (κ2) is 8.72. The zero-order chi connectivity index (χ0) is 11.7. The van der Waals surface area contributed by atoms with Crippen LogP contribution >= 0.6 is 0 Å². The summed E-state index contributed by atoms with van der Waals surface area (Å²) in [6.07, 6.45) is 1.89. The molecule has 15 heavy (non-hydrogen) atoms. The standard InChI is InChI=1S/C9H18N2O.C3H8/c1-3-9(12)11-7-5-10(4-2)6-8-11;1-3-2/h3-8H2,1-2H3;3H2,1-2H3. The quantitative estimate of drug-likeness (QED) is 0.701. The molecule has 0 aliphatic carbocycles. The highest BCUT2D eigenvalue weighted by Gasteiger charge is 2.18. The lowest BCUT2D eigenvalue weighted by atomic mass is 10.3. The van der Waals surface area contributed by atoms with Gasteiger partial charge in [0.15, 0.2) is 0 Å². The van der Waals surface area contributed by atoms with Crippen LogP contribution in [0.15, 0.2) is 0 Å². The lowest BCUT2D eigenvalue weighted by Gasteiger charge is -2.33. The zero-order valence-corrected chi connectivity index (χ0v) is 10.8. The topological polar surface area (TPSA) is 23.6 Å². The van der Waals surface area contributed by atoms with E-state index >= 15 is 0 Å². The molecule has 3 heteroatoms. The molecule has 0 aromatic carbocycles. The van der Waals surface area contributed by atoms with Crippen molar-refractivity contribution in [3.63, 3.8) is 0 Å². The Balaban J connectivity index is 0.000000583. The van der Waals surface area contributed by atoms with E-state index in [-0.39, 0.29) is 0 Å². The molecule has 0 radical (unpaired) electrons. The van der Waals surface area contributed by atoms with Gasteiger partial charge in [0.25, 0.3) is 0 Å². The Labute approximate surface area is 94.4 Å². The minimum atomic E-state index is 0.297. The third-order valence-corrected chi connectivity index (χ3v) is 2.47. The first-order valence-electron chi connectivity index (χ1n) is 6.19. The maximum Gasteiger partial charge on any atom is 0.222 e. The molecule has 1 rings (SSSR count). The van der Waals surface area contributed by atoms with E-state index in [2.05, 4.69) is 25.7 Å². The van der Waals surface area contributed by atoms with Gasteiger partial charge >= 0.3 is 0 Å². The highest BCUT2D eigenvalue weighted by molar-refractivity contribution is 5.75. The molecule has 0 spiro atoms. The lowest BCUT2D eigenvalue weighted by Crippen LogP contribution is -2.48. The van der Waals surface area contributed by atoms with Crippen molar-refractivity contribution in [2.24, 2.45) is 0 Å². The number of amides is 1. The molecule has 1 aliphatic heterocycles. The predicted octanol–water partition coefficient (Wildman–Crippen LogP) is 1.98. The number of hydrogen-bond acceptors (Lipinski definition) is 2. The fourth-order valence-electron chi connectivity index (χ4n) is 1.54. The molecular weight excluding hydrogens is 188 g/mol. The number of piperazine rings is 1. The minimum absolute atomic E-state index is 0.297. The van der Waals surface area contributed by atoms with Crippen LogP contribution in [0, 0.1) is 0 Å². The number of nitrogens with zero attached hydrogens (tertiary/aromatic N) is 2. The number of hydrogen-bond donors (Lipinski definition) is 0. The van der Waals surface area contributed by atoms with Crippen LogP contribution in [0.2, 0.25) is 0 Å². The van der Waals surface area contributed by atoms with E-state index in [0.29, 0.717) is 12.3 Å². The van der Waals surface area contributed by atoms with Gasteiger partial charge in [-0.2, -0.15) is 0 Å². The van der Waals surface area contributed by atoms with Gasteiger partial charge in [-0.3, -0.25) is 4.79 Å². The molecule has 1 fully saturated rings. The molecule has 1 heterocycles. The first kappa shape index (κ1) is 14.4. The fraction of sp³-hybridized carbons (Fsp3) is 0.917. The summed E-state index contributed by atoms with van der Waals surface area (Å²) in [4.78, 5) is 15.6. The van der Waals surface area contributed by atoms with E-state index in [4.69, 9.17) is 0 Å². The molecule has 1 aliphatic rings. The molecule has 3 nitrogen and oxygen atoms in total. The van der Waals surface area contributed by atoms with Crippen molar-refractivity contribution >= 4 is 5.91 Å². The van der Waals surface area contributed by atoms with E-state index < -0.39 is 0 Å². The van der Waals surface area contributed by atoms with Crippen LogP contribution in [0.1, 0.15) is 40.5 Å². The molecule has 0 atom stereocenters. The molecule has 0 aromatic rings. The monoisotopic (exact) mass is 214 g/mol. The molecular formula is C12H26N2O. The predicted molar refractivity (Wildman–Crippen MR) is 65.0 cm³/mol. The van der Waals surface area contributed by atoms with Gasteiger partial charge in [0.05, 0.1) is 0 Å². The molecule has 90 valence electrons. The third-order valence-electron chi connectivity index (χ3n) is 2.47. The summed E-state index contributed by atoms with van der Waals surface area (Å²) >= 11 is 0. The molecule has 0 bridgehead atoms. The summed E-state index contributed by atoms with van der Waals surface area (Å²) in [5.74, 6) is 0.297. The number of likely N-dealkylation sites (N-methyl/N-ethyl adjacent to an activating group) is 1. The van der Waals surface area contributed by atoms with E-state index in [9.17, 15) is 4.79 Å². The van der Waals surface area contributed by atoms with E-state index in [1.165, 1.54) is 6.42 Å². The minimum Gasteiger partial charge on any atom is -0.340 e. The van der Waals surface area contributed by atoms with Crippen LogP contribution in [0.25, 0.3) is 0 Å². The van der Waals surface area contributed by atoms with Gasteiger partial charge in [0, 0.05) is 32.6 Å². The summed E-state index contributed by atoms with van der Waals surface area (Å²) in [5.41, 5.74) is 0. The summed E-state index contributed by atoms with van der Waals surface area (Å²) in [5, 5.41) is 0. The van der Waals surface area contributed by atoms with E-state index in [1.807, 2.05) is 11.8 Å². The van der Waals surface area contributed by atoms with E-state index in [1.54, 1.807) is 0 Å². The normalized spacial score (nSPS) is 16.9. The highest BCUT2D eigenvalue weighted by atomic mass is 16.2. The molecule has 0 N–H and O–H groups in total. The SMILES string of the molecule is CCC.CCC(=O)N1CCN(CC)CC1. The summed E-state index contributed by atoms with van der Waals surface area (Å²) < 4.78 is 0. The first-order valence-corrected chi connectivity index (χ1v) is 6.19. The van der Waals surface area contributed by atoms with Crippen molar-refractivity contribution in [2.75, 3.05) is 32.7 Å². The van der Waals surface area contributed by atoms with Crippen molar-refractivity contribution in [1.82, 2.24) is 9.80 Å². The van der Waals surface area contributed by atoms with Crippen LogP contribution in [0.4, 0.5) is 0 Å². The maximum absolute atomic E-state index is 11.3. The summed E-state index contributed by atoms with van der Waals surface area (Å²) in [6, 6.07) is 0. The number of carbonyl (C=O) groups is 1. The fourth-order valence-corrected chi connectivity index (χ4v) is 1.54. The van der Waals surface area contributed by atoms with Crippen LogP contribution in [0.5, 0.6) is 0 Å². The maximum atomic E-state index is 11.3. The Kier molecular flexibility index (Phi) is 8.38. The molecule has 1 amide bonds. The van der Waals surface area contributed by atoms with Gasteiger partial charge in [-0.15, -0.1) is 0 Å². The Hall–Kier alpha value is -0.570. The van der Waals surface area contributed by atoms with Crippen molar-refractivity contribution in [1.29, 1.82) is 0 Å². The smallest absolute Gasteiger partial charge is 0.222 e. The van der Waals surface area contributed by atoms with Crippen molar-refractivity contribution < 1.29 is 4.79 Å². The summed E-state index contributed by atoms with van der Waals surface area (Å²) in [7, 11) is 0.